The highest BCUT2D eigenvalue weighted by molar-refractivity contribution is 5.98. The van der Waals surface area contributed by atoms with Crippen LogP contribution in [0.5, 0.6) is 0 Å². The Morgan fingerprint density at radius 3 is 2.67 bits per heavy atom. The fourth-order valence-corrected chi connectivity index (χ4v) is 2.11. The molecule has 1 saturated carbocycles. The van der Waals surface area contributed by atoms with Crippen molar-refractivity contribution < 1.29 is 19.6 Å². The van der Waals surface area contributed by atoms with Gasteiger partial charge in [-0.2, -0.15) is 0 Å². The van der Waals surface area contributed by atoms with E-state index in [1.165, 1.54) is 18.2 Å². The normalized spacial score (nSPS) is 15.3. The number of nitro benzene ring substituents is 1. The zero-order valence-corrected chi connectivity index (χ0v) is 11.5. The molecule has 0 aliphatic heterocycles. The molecule has 7 nitrogen and oxygen atoms in total. The molecule has 1 atom stereocenters. The number of nitro groups is 1. The number of non-ortho nitro benzene ring substituents is 1. The number of nitrogens with zero attached hydrogens (tertiary/aromatic N) is 1. The van der Waals surface area contributed by atoms with Crippen LogP contribution >= 0.6 is 0 Å². The fourth-order valence-electron chi connectivity index (χ4n) is 2.11. The first kappa shape index (κ1) is 15.0. The van der Waals surface area contributed by atoms with Gasteiger partial charge in [-0.25, -0.2) is 4.79 Å². The fraction of sp³-hybridized carbons (Fsp3) is 0.429. The average molecular weight is 292 g/mol. The van der Waals surface area contributed by atoms with E-state index in [2.05, 4.69) is 5.32 Å². The Labute approximate surface area is 121 Å². The number of rotatable bonds is 6. The van der Waals surface area contributed by atoms with Gasteiger partial charge in [0.15, 0.2) is 0 Å². The summed E-state index contributed by atoms with van der Waals surface area (Å²) in [7, 11) is 0. The first-order chi connectivity index (χ1) is 9.88. The van der Waals surface area contributed by atoms with Gasteiger partial charge in [-0.3, -0.25) is 14.9 Å². The van der Waals surface area contributed by atoms with Crippen molar-refractivity contribution in [2.24, 2.45) is 5.92 Å². The number of carbonyl (C=O) groups is 2. The number of benzene rings is 1. The number of amides is 1. The van der Waals surface area contributed by atoms with Crippen LogP contribution in [0.25, 0.3) is 0 Å². The Hall–Kier alpha value is -2.44. The molecule has 1 unspecified atom stereocenters. The molecular weight excluding hydrogens is 276 g/mol. The van der Waals surface area contributed by atoms with E-state index in [9.17, 15) is 19.7 Å². The van der Waals surface area contributed by atoms with Crippen LogP contribution < -0.4 is 5.32 Å². The van der Waals surface area contributed by atoms with Crippen molar-refractivity contribution in [3.63, 3.8) is 0 Å². The average Bonchev–Trinajstić information content (AvgIpc) is 3.21. The first-order valence-electron chi connectivity index (χ1n) is 6.67. The molecule has 0 radical (unpaired) electrons. The second kappa shape index (κ2) is 5.90. The van der Waals surface area contributed by atoms with Crippen molar-refractivity contribution in [1.82, 2.24) is 5.32 Å². The predicted octanol–water partition coefficient (Wildman–Crippen LogP) is 1.89. The summed E-state index contributed by atoms with van der Waals surface area (Å²) in [5.41, 5.74) is 0.500. The quantitative estimate of drug-likeness (QED) is 0.614. The topological polar surface area (TPSA) is 110 Å². The van der Waals surface area contributed by atoms with Gasteiger partial charge in [0.1, 0.15) is 6.04 Å². The van der Waals surface area contributed by atoms with Crippen LogP contribution in [0.1, 0.15) is 35.2 Å². The van der Waals surface area contributed by atoms with Gasteiger partial charge in [0.05, 0.1) is 4.92 Å². The van der Waals surface area contributed by atoms with Crippen molar-refractivity contribution in [3.05, 3.63) is 39.4 Å². The zero-order chi connectivity index (χ0) is 15.6. The molecule has 1 amide bonds. The number of aryl methyl sites for hydroxylation is 1. The van der Waals surface area contributed by atoms with E-state index in [0.29, 0.717) is 17.9 Å². The molecule has 1 aromatic rings. The smallest absolute Gasteiger partial charge is 0.326 e. The number of nitrogens with one attached hydrogen (secondary N) is 1. The van der Waals surface area contributed by atoms with E-state index >= 15 is 0 Å². The minimum absolute atomic E-state index is 0.131. The number of carboxylic acid groups (broad SMARTS) is 1. The Morgan fingerprint density at radius 2 is 2.14 bits per heavy atom. The Bertz CT molecular complexity index is 595. The Kier molecular flexibility index (Phi) is 4.21. The van der Waals surface area contributed by atoms with E-state index in [1.807, 2.05) is 0 Å². The zero-order valence-electron chi connectivity index (χ0n) is 11.5. The van der Waals surface area contributed by atoms with Gasteiger partial charge in [-0.15, -0.1) is 0 Å². The van der Waals surface area contributed by atoms with Crippen LogP contribution in [0.2, 0.25) is 0 Å². The summed E-state index contributed by atoms with van der Waals surface area (Å²) in [5.74, 6) is -1.33. The van der Waals surface area contributed by atoms with Gasteiger partial charge in [0.2, 0.25) is 0 Å². The van der Waals surface area contributed by atoms with Gasteiger partial charge in [0, 0.05) is 17.7 Å². The van der Waals surface area contributed by atoms with Gasteiger partial charge in [-0.1, -0.05) is 18.9 Å². The van der Waals surface area contributed by atoms with Crippen LogP contribution in [0.3, 0.4) is 0 Å². The van der Waals surface area contributed by atoms with Crippen molar-refractivity contribution in [2.45, 2.75) is 32.2 Å². The highest BCUT2D eigenvalue weighted by Crippen LogP contribution is 2.33. The molecule has 2 rings (SSSR count). The predicted molar refractivity (Wildman–Crippen MR) is 74.1 cm³/mol. The summed E-state index contributed by atoms with van der Waals surface area (Å²) in [6.45, 7) is 1.65. The molecule has 0 heterocycles. The number of hydrogen-bond donors (Lipinski definition) is 2. The van der Waals surface area contributed by atoms with E-state index in [4.69, 9.17) is 5.11 Å². The number of hydrogen-bond acceptors (Lipinski definition) is 4. The van der Waals surface area contributed by atoms with E-state index in [0.717, 1.165) is 12.8 Å². The molecule has 0 aromatic heterocycles. The number of carbonyl (C=O) groups excluding carboxylic acids is 1. The second-order valence-electron chi connectivity index (χ2n) is 5.30. The van der Waals surface area contributed by atoms with Gasteiger partial charge >= 0.3 is 5.97 Å². The minimum Gasteiger partial charge on any atom is -0.480 e. The molecule has 1 aliphatic carbocycles. The van der Waals surface area contributed by atoms with E-state index in [-0.39, 0.29) is 11.3 Å². The van der Waals surface area contributed by atoms with E-state index in [1.54, 1.807) is 6.92 Å². The Morgan fingerprint density at radius 1 is 1.48 bits per heavy atom. The lowest BCUT2D eigenvalue weighted by atomic mass is 10.1. The highest BCUT2D eigenvalue weighted by Gasteiger charge is 2.30. The summed E-state index contributed by atoms with van der Waals surface area (Å²) in [6.07, 6.45) is 2.36. The van der Waals surface area contributed by atoms with Gasteiger partial charge in [0.25, 0.3) is 11.6 Å². The largest absolute Gasteiger partial charge is 0.480 e. The molecule has 1 aromatic carbocycles. The summed E-state index contributed by atoms with van der Waals surface area (Å²) in [6, 6.07) is 3.00. The summed E-state index contributed by atoms with van der Waals surface area (Å²) < 4.78 is 0. The lowest BCUT2D eigenvalue weighted by Crippen LogP contribution is -2.41. The van der Waals surface area contributed by atoms with Crippen molar-refractivity contribution in [1.29, 1.82) is 0 Å². The summed E-state index contributed by atoms with van der Waals surface area (Å²) in [5, 5.41) is 22.3. The molecule has 0 saturated heterocycles. The Balaban J connectivity index is 2.16. The maximum Gasteiger partial charge on any atom is 0.326 e. The van der Waals surface area contributed by atoms with Crippen LogP contribution in [0.15, 0.2) is 18.2 Å². The highest BCUT2D eigenvalue weighted by atomic mass is 16.6. The number of carboxylic acids is 1. The number of aliphatic carboxylic acids is 1. The lowest BCUT2D eigenvalue weighted by molar-refractivity contribution is -0.384. The molecule has 7 heteroatoms. The molecule has 0 bridgehead atoms. The summed E-state index contributed by atoms with van der Waals surface area (Å²) in [4.78, 5) is 33.5. The van der Waals surface area contributed by atoms with Crippen molar-refractivity contribution >= 4 is 17.6 Å². The van der Waals surface area contributed by atoms with Crippen LogP contribution in [0, 0.1) is 23.0 Å². The van der Waals surface area contributed by atoms with Crippen molar-refractivity contribution in [2.75, 3.05) is 0 Å². The molecule has 21 heavy (non-hydrogen) atoms. The molecule has 1 aliphatic rings. The van der Waals surface area contributed by atoms with Gasteiger partial charge in [-0.05, 0) is 24.8 Å². The van der Waals surface area contributed by atoms with Crippen molar-refractivity contribution in [3.8, 4) is 0 Å². The monoisotopic (exact) mass is 292 g/mol. The molecule has 1 fully saturated rings. The third kappa shape index (κ3) is 3.77. The molecule has 0 spiro atoms. The molecular formula is C14H16N2O5. The first-order valence-corrected chi connectivity index (χ1v) is 6.67. The summed E-state index contributed by atoms with van der Waals surface area (Å²) >= 11 is 0. The van der Waals surface area contributed by atoms with E-state index < -0.39 is 22.8 Å². The standard InChI is InChI=1S/C14H16N2O5/c1-8-2-5-10(16(20)21)7-11(8)13(17)15-12(14(18)19)6-9-3-4-9/h2,5,7,9,12H,3-4,6H2,1H3,(H,15,17)(H,18,19). The minimum atomic E-state index is -1.08. The maximum absolute atomic E-state index is 12.2. The lowest BCUT2D eigenvalue weighted by Gasteiger charge is -2.15. The third-order valence-corrected chi connectivity index (χ3v) is 3.55. The van der Waals surface area contributed by atoms with Crippen LogP contribution in [-0.2, 0) is 4.79 Å². The third-order valence-electron chi connectivity index (χ3n) is 3.55. The molecule has 2 N–H and O–H groups in total. The maximum atomic E-state index is 12.2. The van der Waals surface area contributed by atoms with Crippen LogP contribution in [0.4, 0.5) is 5.69 Å². The second-order valence-corrected chi connectivity index (χ2v) is 5.30. The van der Waals surface area contributed by atoms with Gasteiger partial charge < -0.3 is 10.4 Å². The van der Waals surface area contributed by atoms with Crippen LogP contribution in [-0.4, -0.2) is 27.9 Å². The SMILES string of the molecule is Cc1ccc([N+](=O)[O-])cc1C(=O)NC(CC1CC1)C(=O)O. The molecule has 112 valence electrons.